The molecule has 1 heterocycles. The van der Waals surface area contributed by atoms with Gasteiger partial charge in [-0.1, -0.05) is 32.0 Å². The second kappa shape index (κ2) is 6.56. The van der Waals surface area contributed by atoms with Gasteiger partial charge in [0, 0.05) is 25.6 Å². The van der Waals surface area contributed by atoms with E-state index in [1.54, 1.807) is 0 Å². The standard InChI is InChI=1S/C14H22N2O3S/c1-3-16(4-2)20(17,18)15-11-12-9-10-19-14-8-6-5-7-13(12)14/h5-8,12,15H,3-4,9-11H2,1-2H3. The highest BCUT2D eigenvalue weighted by Gasteiger charge is 2.24. The van der Waals surface area contributed by atoms with Gasteiger partial charge in [-0.05, 0) is 18.1 Å². The summed E-state index contributed by atoms with van der Waals surface area (Å²) >= 11 is 0. The van der Waals surface area contributed by atoms with Gasteiger partial charge >= 0.3 is 0 Å². The van der Waals surface area contributed by atoms with Crippen LogP contribution in [0.1, 0.15) is 31.7 Å². The Hall–Kier alpha value is -1.11. The van der Waals surface area contributed by atoms with Crippen LogP contribution >= 0.6 is 0 Å². The van der Waals surface area contributed by atoms with Crippen LogP contribution in [0.5, 0.6) is 5.75 Å². The fourth-order valence-corrected chi connectivity index (χ4v) is 3.76. The van der Waals surface area contributed by atoms with E-state index in [0.29, 0.717) is 26.2 Å². The van der Waals surface area contributed by atoms with E-state index in [0.717, 1.165) is 17.7 Å². The lowest BCUT2D eigenvalue weighted by Gasteiger charge is -2.27. The summed E-state index contributed by atoms with van der Waals surface area (Å²) in [5.74, 6) is 1.04. The molecule has 0 saturated carbocycles. The third-order valence-electron chi connectivity index (χ3n) is 3.64. The van der Waals surface area contributed by atoms with E-state index in [9.17, 15) is 8.42 Å². The van der Waals surface area contributed by atoms with Gasteiger partial charge in [0.1, 0.15) is 5.75 Å². The van der Waals surface area contributed by atoms with Gasteiger partial charge in [0.05, 0.1) is 6.61 Å². The van der Waals surface area contributed by atoms with E-state index in [1.807, 2.05) is 38.1 Å². The van der Waals surface area contributed by atoms with Crippen molar-refractivity contribution in [2.45, 2.75) is 26.2 Å². The number of nitrogens with one attached hydrogen (secondary N) is 1. The van der Waals surface area contributed by atoms with E-state index in [-0.39, 0.29) is 5.92 Å². The number of ether oxygens (including phenoxy) is 1. The number of para-hydroxylation sites is 1. The smallest absolute Gasteiger partial charge is 0.279 e. The van der Waals surface area contributed by atoms with Crippen molar-refractivity contribution in [3.63, 3.8) is 0 Å². The molecule has 1 N–H and O–H groups in total. The first-order valence-electron chi connectivity index (χ1n) is 7.05. The molecule has 1 aromatic carbocycles. The molecule has 0 spiro atoms. The van der Waals surface area contributed by atoms with Crippen LogP contribution in [0.3, 0.4) is 0 Å². The second-order valence-electron chi connectivity index (χ2n) is 4.81. The van der Waals surface area contributed by atoms with Crippen LogP contribution in [-0.4, -0.2) is 39.0 Å². The van der Waals surface area contributed by atoms with Crippen LogP contribution < -0.4 is 9.46 Å². The van der Waals surface area contributed by atoms with E-state index >= 15 is 0 Å². The molecule has 0 fully saturated rings. The number of benzene rings is 1. The first-order valence-corrected chi connectivity index (χ1v) is 8.49. The van der Waals surface area contributed by atoms with Crippen molar-refractivity contribution >= 4 is 10.2 Å². The molecule has 0 amide bonds. The highest BCUT2D eigenvalue weighted by Crippen LogP contribution is 2.32. The Morgan fingerprint density at radius 1 is 1.30 bits per heavy atom. The number of fused-ring (bicyclic) bond motifs is 1. The van der Waals surface area contributed by atoms with Crippen LogP contribution in [0.2, 0.25) is 0 Å². The maximum atomic E-state index is 12.1. The zero-order chi connectivity index (χ0) is 14.6. The summed E-state index contributed by atoms with van der Waals surface area (Å²) in [6, 6.07) is 7.83. The molecule has 0 radical (unpaired) electrons. The molecule has 112 valence electrons. The molecular formula is C14H22N2O3S. The van der Waals surface area contributed by atoms with Crippen molar-refractivity contribution in [3.05, 3.63) is 29.8 Å². The predicted molar refractivity (Wildman–Crippen MR) is 79.1 cm³/mol. The van der Waals surface area contributed by atoms with E-state index in [4.69, 9.17) is 4.74 Å². The molecule has 5 nitrogen and oxygen atoms in total. The van der Waals surface area contributed by atoms with E-state index < -0.39 is 10.2 Å². The quantitative estimate of drug-likeness (QED) is 0.870. The van der Waals surface area contributed by atoms with Gasteiger partial charge in [-0.25, -0.2) is 4.72 Å². The predicted octanol–water partition coefficient (Wildman–Crippen LogP) is 1.73. The van der Waals surface area contributed by atoms with Crippen LogP contribution in [0, 0.1) is 0 Å². The van der Waals surface area contributed by atoms with Gasteiger partial charge in [-0.15, -0.1) is 0 Å². The molecule has 0 aliphatic carbocycles. The summed E-state index contributed by atoms with van der Waals surface area (Å²) < 4.78 is 34.0. The Balaban J connectivity index is 2.06. The molecule has 0 aromatic heterocycles. The zero-order valence-electron chi connectivity index (χ0n) is 12.0. The fourth-order valence-electron chi connectivity index (χ4n) is 2.49. The molecule has 2 rings (SSSR count). The first kappa shape index (κ1) is 15.3. The Morgan fingerprint density at radius 2 is 2.00 bits per heavy atom. The molecule has 1 aromatic rings. The summed E-state index contributed by atoms with van der Waals surface area (Å²) in [7, 11) is -3.38. The van der Waals surface area contributed by atoms with Gasteiger partial charge in [0.15, 0.2) is 0 Å². The van der Waals surface area contributed by atoms with Crippen molar-refractivity contribution in [3.8, 4) is 5.75 Å². The van der Waals surface area contributed by atoms with Gasteiger partial charge in [0.25, 0.3) is 10.2 Å². The second-order valence-corrected chi connectivity index (χ2v) is 6.56. The van der Waals surface area contributed by atoms with Crippen molar-refractivity contribution in [2.24, 2.45) is 0 Å². The lowest BCUT2D eigenvalue weighted by atomic mass is 9.93. The van der Waals surface area contributed by atoms with E-state index in [1.165, 1.54) is 4.31 Å². The highest BCUT2D eigenvalue weighted by atomic mass is 32.2. The summed E-state index contributed by atoms with van der Waals surface area (Å²) in [5, 5.41) is 0. The maximum Gasteiger partial charge on any atom is 0.279 e. The van der Waals surface area contributed by atoms with Gasteiger partial charge in [-0.3, -0.25) is 0 Å². The van der Waals surface area contributed by atoms with Gasteiger partial charge < -0.3 is 4.74 Å². The average Bonchev–Trinajstić information content (AvgIpc) is 2.46. The number of hydrogen-bond acceptors (Lipinski definition) is 3. The third-order valence-corrected chi connectivity index (χ3v) is 5.37. The van der Waals surface area contributed by atoms with E-state index in [2.05, 4.69) is 4.72 Å². The topological polar surface area (TPSA) is 58.6 Å². The normalized spacial score (nSPS) is 18.6. The summed E-state index contributed by atoms with van der Waals surface area (Å²) in [6.45, 7) is 5.69. The van der Waals surface area contributed by atoms with Gasteiger partial charge in [-0.2, -0.15) is 12.7 Å². The maximum absolute atomic E-state index is 12.1. The van der Waals surface area contributed by atoms with Crippen LogP contribution in [0.25, 0.3) is 0 Å². The summed E-state index contributed by atoms with van der Waals surface area (Å²) in [5.41, 5.74) is 1.08. The molecule has 20 heavy (non-hydrogen) atoms. The molecule has 1 unspecified atom stereocenters. The monoisotopic (exact) mass is 298 g/mol. The largest absolute Gasteiger partial charge is 0.493 e. The lowest BCUT2D eigenvalue weighted by molar-refractivity contribution is 0.267. The third kappa shape index (κ3) is 3.31. The molecule has 1 aliphatic rings. The minimum Gasteiger partial charge on any atom is -0.493 e. The minimum atomic E-state index is -3.38. The van der Waals surface area contributed by atoms with Crippen molar-refractivity contribution in [1.82, 2.24) is 9.03 Å². The fraction of sp³-hybridized carbons (Fsp3) is 0.571. The van der Waals surface area contributed by atoms with Crippen molar-refractivity contribution in [1.29, 1.82) is 0 Å². The first-order chi connectivity index (χ1) is 9.58. The summed E-state index contributed by atoms with van der Waals surface area (Å²) in [4.78, 5) is 0. The number of hydrogen-bond donors (Lipinski definition) is 1. The van der Waals surface area contributed by atoms with Crippen LogP contribution in [-0.2, 0) is 10.2 Å². The SMILES string of the molecule is CCN(CC)S(=O)(=O)NCC1CCOc2ccccc21. The lowest BCUT2D eigenvalue weighted by Crippen LogP contribution is -2.42. The van der Waals surface area contributed by atoms with Gasteiger partial charge in [0.2, 0.25) is 0 Å². The molecule has 0 bridgehead atoms. The molecule has 0 saturated heterocycles. The Bertz CT molecular complexity index is 541. The average molecular weight is 298 g/mol. The Kier molecular flexibility index (Phi) is 5.01. The van der Waals surface area contributed by atoms with Crippen molar-refractivity contribution < 1.29 is 13.2 Å². The Morgan fingerprint density at radius 3 is 2.70 bits per heavy atom. The number of rotatable bonds is 6. The summed E-state index contributed by atoms with van der Waals surface area (Å²) in [6.07, 6.45) is 0.831. The van der Waals surface area contributed by atoms with Crippen LogP contribution in [0.4, 0.5) is 0 Å². The highest BCUT2D eigenvalue weighted by molar-refractivity contribution is 7.87. The number of nitrogens with zero attached hydrogens (tertiary/aromatic N) is 1. The Labute approximate surface area is 121 Å². The van der Waals surface area contributed by atoms with Crippen molar-refractivity contribution in [2.75, 3.05) is 26.2 Å². The minimum absolute atomic E-state index is 0.172. The molecular weight excluding hydrogens is 276 g/mol. The molecule has 1 aliphatic heterocycles. The molecule has 1 atom stereocenters. The zero-order valence-corrected chi connectivity index (χ0v) is 12.8. The van der Waals surface area contributed by atoms with Crippen LogP contribution in [0.15, 0.2) is 24.3 Å². The molecule has 6 heteroatoms.